The highest BCUT2D eigenvalue weighted by Crippen LogP contribution is 2.47. The average Bonchev–Trinajstić information content (AvgIpc) is 3.77. The molecule has 43 heavy (non-hydrogen) atoms. The summed E-state index contributed by atoms with van der Waals surface area (Å²) in [6, 6.07) is 11.3. The first-order valence-electron chi connectivity index (χ1n) is 15.1. The third-order valence-corrected chi connectivity index (χ3v) is 9.39. The fourth-order valence-electron chi connectivity index (χ4n) is 6.64. The first-order chi connectivity index (χ1) is 20.8. The van der Waals surface area contributed by atoms with E-state index >= 15 is 0 Å². The van der Waals surface area contributed by atoms with E-state index in [2.05, 4.69) is 27.9 Å². The van der Waals surface area contributed by atoms with Crippen molar-refractivity contribution in [1.29, 1.82) is 0 Å². The lowest BCUT2D eigenvalue weighted by molar-refractivity contribution is 0.0369. The number of rotatable bonds is 9. The maximum atomic E-state index is 14.2. The van der Waals surface area contributed by atoms with Gasteiger partial charge >= 0.3 is 6.01 Å². The summed E-state index contributed by atoms with van der Waals surface area (Å²) < 4.78 is 47.7. The number of hydrogen-bond acceptors (Lipinski definition) is 7. The Morgan fingerprint density at radius 3 is 2.51 bits per heavy atom. The third-order valence-electron chi connectivity index (χ3n) is 9.39. The van der Waals surface area contributed by atoms with E-state index in [1.165, 1.54) is 6.07 Å². The highest BCUT2D eigenvalue weighted by molar-refractivity contribution is 5.94. The van der Waals surface area contributed by atoms with E-state index in [9.17, 15) is 13.2 Å². The van der Waals surface area contributed by atoms with Gasteiger partial charge in [0.15, 0.2) is 0 Å². The van der Waals surface area contributed by atoms with Crippen LogP contribution in [0.15, 0.2) is 61.1 Å². The fraction of sp³-hybridized carbons (Fsp3) is 0.455. The van der Waals surface area contributed by atoms with Gasteiger partial charge in [0.1, 0.15) is 23.6 Å². The van der Waals surface area contributed by atoms with Crippen LogP contribution in [0.4, 0.5) is 24.7 Å². The third kappa shape index (κ3) is 5.64. The Hall–Kier alpha value is -3.79. The Labute approximate surface area is 250 Å². The lowest BCUT2D eigenvalue weighted by Gasteiger charge is -2.39. The Balaban J connectivity index is 1.16. The normalized spacial score (nSPS) is 20.1. The predicted octanol–water partition coefficient (Wildman–Crippen LogP) is 5.26. The second kappa shape index (κ2) is 11.0. The van der Waals surface area contributed by atoms with E-state index in [-0.39, 0.29) is 11.2 Å². The van der Waals surface area contributed by atoms with Crippen LogP contribution in [-0.4, -0.2) is 84.9 Å². The number of fused-ring (bicyclic) bond motifs is 2. The molecule has 1 aromatic heterocycles. The maximum Gasteiger partial charge on any atom is 0.318 e. The summed E-state index contributed by atoms with van der Waals surface area (Å²) >= 11 is 0. The number of anilines is 2. The molecule has 0 spiro atoms. The van der Waals surface area contributed by atoms with Crippen molar-refractivity contribution in [3.05, 3.63) is 78.2 Å². The molecular formula is C33H37F3N6O. The molecule has 0 atom stereocenters. The summed E-state index contributed by atoms with van der Waals surface area (Å²) in [4.78, 5) is 18.4. The number of aromatic nitrogens is 2. The molecule has 226 valence electrons. The van der Waals surface area contributed by atoms with Crippen LogP contribution < -0.4 is 14.5 Å². The molecule has 0 radical (unpaired) electrons. The molecule has 3 fully saturated rings. The Morgan fingerprint density at radius 1 is 1.00 bits per heavy atom. The van der Waals surface area contributed by atoms with E-state index < -0.39 is 12.0 Å². The molecule has 0 unspecified atom stereocenters. The van der Waals surface area contributed by atoms with Gasteiger partial charge < -0.3 is 19.4 Å². The first-order valence-corrected chi connectivity index (χ1v) is 15.1. The summed E-state index contributed by atoms with van der Waals surface area (Å²) in [5.74, 6) is 0.0946. The molecule has 3 aromatic rings. The van der Waals surface area contributed by atoms with Crippen molar-refractivity contribution in [1.82, 2.24) is 19.8 Å². The molecule has 3 aliphatic heterocycles. The van der Waals surface area contributed by atoms with Crippen LogP contribution >= 0.6 is 0 Å². The number of alkyl halides is 1. The van der Waals surface area contributed by atoms with Gasteiger partial charge in [-0.3, -0.25) is 4.90 Å². The quantitative estimate of drug-likeness (QED) is 0.315. The first kappa shape index (κ1) is 28.0. The highest BCUT2D eigenvalue weighted by Gasteiger charge is 2.47. The molecule has 4 heterocycles. The SMILES string of the molecule is C=C(F)C(=C)N1CCN(c2nc(OCC3(CN4CC(F)C4)CC3)nc3c2CCN(c2cccc4ccc(F)cc24)C3)CC1. The molecule has 2 saturated heterocycles. The monoisotopic (exact) mass is 590 g/mol. The van der Waals surface area contributed by atoms with Crippen molar-refractivity contribution in [2.45, 2.75) is 32.0 Å². The molecule has 1 saturated carbocycles. The molecule has 0 amide bonds. The van der Waals surface area contributed by atoms with Crippen LogP contribution in [0.2, 0.25) is 0 Å². The predicted molar refractivity (Wildman–Crippen MR) is 162 cm³/mol. The summed E-state index contributed by atoms with van der Waals surface area (Å²) in [6.45, 7) is 13.4. The minimum atomic E-state index is -0.718. The van der Waals surface area contributed by atoms with Crippen LogP contribution in [0.3, 0.4) is 0 Å². The minimum absolute atomic E-state index is 0.0272. The second-order valence-corrected chi connectivity index (χ2v) is 12.5. The van der Waals surface area contributed by atoms with Crippen LogP contribution in [0.25, 0.3) is 10.8 Å². The highest BCUT2D eigenvalue weighted by atomic mass is 19.1. The Bertz CT molecular complexity index is 1560. The van der Waals surface area contributed by atoms with Crippen molar-refractivity contribution >= 4 is 22.3 Å². The Morgan fingerprint density at radius 2 is 1.79 bits per heavy atom. The number of nitrogens with zero attached hydrogens (tertiary/aromatic N) is 6. The van der Waals surface area contributed by atoms with E-state index in [1.807, 2.05) is 29.2 Å². The van der Waals surface area contributed by atoms with E-state index in [1.54, 1.807) is 6.07 Å². The number of hydrogen-bond donors (Lipinski definition) is 0. The van der Waals surface area contributed by atoms with Crippen molar-refractivity contribution in [3.8, 4) is 6.01 Å². The summed E-state index contributed by atoms with van der Waals surface area (Å²) in [5, 5.41) is 1.86. The van der Waals surface area contributed by atoms with Crippen molar-refractivity contribution in [2.75, 3.05) is 68.8 Å². The van der Waals surface area contributed by atoms with Crippen LogP contribution in [-0.2, 0) is 13.0 Å². The molecule has 4 aliphatic rings. The Kier molecular flexibility index (Phi) is 7.19. The van der Waals surface area contributed by atoms with Gasteiger partial charge in [-0.1, -0.05) is 31.4 Å². The van der Waals surface area contributed by atoms with Gasteiger partial charge in [-0.15, -0.1) is 0 Å². The van der Waals surface area contributed by atoms with Gasteiger partial charge in [0.05, 0.1) is 24.5 Å². The van der Waals surface area contributed by atoms with E-state index in [0.717, 1.165) is 65.9 Å². The molecular weight excluding hydrogens is 553 g/mol. The number of ether oxygens (including phenoxy) is 1. The summed E-state index contributed by atoms with van der Waals surface area (Å²) in [5.41, 5.74) is 3.32. The molecule has 10 heteroatoms. The van der Waals surface area contributed by atoms with Crippen molar-refractivity contribution in [2.24, 2.45) is 5.41 Å². The molecule has 7 nitrogen and oxygen atoms in total. The zero-order valence-electron chi connectivity index (χ0n) is 24.4. The number of piperazine rings is 1. The number of benzene rings is 2. The van der Waals surface area contributed by atoms with Gasteiger partial charge in [-0.05, 0) is 42.8 Å². The lowest BCUT2D eigenvalue weighted by Crippen LogP contribution is -2.51. The van der Waals surface area contributed by atoms with Gasteiger partial charge in [0.2, 0.25) is 0 Å². The van der Waals surface area contributed by atoms with Crippen LogP contribution in [0.1, 0.15) is 24.1 Å². The van der Waals surface area contributed by atoms with Crippen molar-refractivity contribution < 1.29 is 17.9 Å². The fourth-order valence-corrected chi connectivity index (χ4v) is 6.64. The average molecular weight is 591 g/mol. The van der Waals surface area contributed by atoms with E-state index in [0.29, 0.717) is 64.1 Å². The van der Waals surface area contributed by atoms with Gasteiger partial charge in [-0.2, -0.15) is 9.97 Å². The molecule has 2 aromatic carbocycles. The molecule has 7 rings (SSSR count). The van der Waals surface area contributed by atoms with Crippen LogP contribution in [0.5, 0.6) is 6.01 Å². The standard InChI is InChI=1S/C33H37F3N6O/c1-22(34)23(2)40-12-14-41(15-13-40)31-27-8-11-42(30-5-3-4-24-6-7-25(35)16-28(24)30)19-29(27)37-32(38-31)43-21-33(9-10-33)20-39-17-26(36)18-39/h3-7,16,26H,1-2,8-15,17-21H2. The van der Waals surface area contributed by atoms with Crippen LogP contribution in [0, 0.1) is 11.2 Å². The van der Waals surface area contributed by atoms with Gasteiger partial charge in [-0.25, -0.2) is 13.2 Å². The zero-order chi connectivity index (χ0) is 29.7. The van der Waals surface area contributed by atoms with Crippen molar-refractivity contribution in [3.63, 3.8) is 0 Å². The van der Waals surface area contributed by atoms with E-state index in [4.69, 9.17) is 14.7 Å². The lowest BCUT2D eigenvalue weighted by atomic mass is 10.0. The largest absolute Gasteiger partial charge is 0.463 e. The summed E-state index contributed by atoms with van der Waals surface area (Å²) in [6.07, 6.45) is 2.11. The topological polar surface area (TPSA) is 48.0 Å². The molecule has 1 aliphatic carbocycles. The number of likely N-dealkylation sites (tertiary alicyclic amines) is 1. The molecule has 0 N–H and O–H groups in total. The number of halogens is 3. The zero-order valence-corrected chi connectivity index (χ0v) is 24.4. The number of allylic oxidation sites excluding steroid dienone is 1. The second-order valence-electron chi connectivity index (χ2n) is 12.5. The summed E-state index contributed by atoms with van der Waals surface area (Å²) in [7, 11) is 0. The minimum Gasteiger partial charge on any atom is -0.463 e. The smallest absolute Gasteiger partial charge is 0.318 e. The van der Waals surface area contributed by atoms with Gasteiger partial charge in [0, 0.05) is 74.4 Å². The molecule has 0 bridgehead atoms. The van der Waals surface area contributed by atoms with Gasteiger partial charge in [0.25, 0.3) is 0 Å². The maximum absolute atomic E-state index is 14.2.